The Morgan fingerprint density at radius 3 is 2.36 bits per heavy atom. The number of rotatable bonds is 4. The molecule has 0 aliphatic heterocycles. The number of benzene rings is 1. The van der Waals surface area contributed by atoms with Crippen molar-refractivity contribution in [1.29, 1.82) is 0 Å². The Bertz CT molecular complexity index is 475. The fourth-order valence-electron chi connectivity index (χ4n) is 2.68. The van der Waals surface area contributed by atoms with Crippen LogP contribution in [0, 0.1) is 5.41 Å². The molecular formula is C19H31NO2. The molecule has 1 aromatic rings. The van der Waals surface area contributed by atoms with Gasteiger partial charge in [-0.05, 0) is 60.6 Å². The van der Waals surface area contributed by atoms with E-state index in [9.17, 15) is 4.79 Å². The number of hydrogen-bond donors (Lipinski definition) is 2. The molecule has 3 N–H and O–H groups in total. The molecule has 0 fully saturated rings. The quantitative estimate of drug-likeness (QED) is 0.871. The Kier molecular flexibility index (Phi) is 7.60. The Labute approximate surface area is 134 Å². The minimum atomic E-state index is -0.691. The number of hydrogen-bond acceptors (Lipinski definition) is 2. The third-order valence-corrected chi connectivity index (χ3v) is 3.97. The van der Waals surface area contributed by atoms with Crippen LogP contribution in [0.3, 0.4) is 0 Å². The van der Waals surface area contributed by atoms with Gasteiger partial charge in [-0.3, -0.25) is 4.79 Å². The SMILES string of the molecule is CC(C)(C)CCCC(=O)O.NCc1ccc2c(c1)CCCC2. The highest BCUT2D eigenvalue weighted by Crippen LogP contribution is 2.22. The molecule has 3 nitrogen and oxygen atoms in total. The van der Waals surface area contributed by atoms with E-state index >= 15 is 0 Å². The molecule has 0 unspecified atom stereocenters. The summed E-state index contributed by atoms with van der Waals surface area (Å²) >= 11 is 0. The number of carboxylic acids is 1. The zero-order valence-electron chi connectivity index (χ0n) is 14.3. The fraction of sp³-hybridized carbons (Fsp3) is 0.632. The number of nitrogens with two attached hydrogens (primary N) is 1. The number of carboxylic acid groups (broad SMARTS) is 1. The molecule has 0 aromatic heterocycles. The molecule has 0 heterocycles. The minimum absolute atomic E-state index is 0.273. The van der Waals surface area contributed by atoms with Crippen LogP contribution in [0.2, 0.25) is 0 Å². The minimum Gasteiger partial charge on any atom is -0.481 e. The molecule has 22 heavy (non-hydrogen) atoms. The topological polar surface area (TPSA) is 63.3 Å². The third kappa shape index (κ3) is 7.60. The van der Waals surface area contributed by atoms with E-state index in [1.165, 1.54) is 36.8 Å². The number of aryl methyl sites for hydroxylation is 2. The first-order chi connectivity index (χ1) is 10.3. The van der Waals surface area contributed by atoms with Crippen molar-refractivity contribution < 1.29 is 9.90 Å². The molecule has 2 rings (SSSR count). The monoisotopic (exact) mass is 305 g/mol. The van der Waals surface area contributed by atoms with Crippen LogP contribution in [-0.2, 0) is 24.2 Å². The highest BCUT2D eigenvalue weighted by Gasteiger charge is 2.10. The van der Waals surface area contributed by atoms with Gasteiger partial charge in [-0.2, -0.15) is 0 Å². The van der Waals surface area contributed by atoms with E-state index in [0.717, 1.165) is 12.8 Å². The average molecular weight is 305 g/mol. The van der Waals surface area contributed by atoms with Gasteiger partial charge in [0.15, 0.2) is 0 Å². The van der Waals surface area contributed by atoms with Gasteiger partial charge in [0.1, 0.15) is 0 Å². The van der Waals surface area contributed by atoms with Crippen LogP contribution in [0.25, 0.3) is 0 Å². The summed E-state index contributed by atoms with van der Waals surface area (Å²) in [7, 11) is 0. The van der Waals surface area contributed by atoms with Crippen molar-refractivity contribution in [2.24, 2.45) is 11.1 Å². The Balaban J connectivity index is 0.000000225. The van der Waals surface area contributed by atoms with Crippen molar-refractivity contribution in [3.05, 3.63) is 34.9 Å². The maximum absolute atomic E-state index is 10.1. The Morgan fingerprint density at radius 1 is 1.18 bits per heavy atom. The fourth-order valence-corrected chi connectivity index (χ4v) is 2.68. The van der Waals surface area contributed by atoms with Gasteiger partial charge in [0.25, 0.3) is 0 Å². The molecule has 0 saturated heterocycles. The van der Waals surface area contributed by atoms with E-state index in [1.54, 1.807) is 5.56 Å². The van der Waals surface area contributed by atoms with Gasteiger partial charge >= 0.3 is 5.97 Å². The second kappa shape index (κ2) is 8.94. The van der Waals surface area contributed by atoms with Gasteiger partial charge in [-0.25, -0.2) is 0 Å². The smallest absolute Gasteiger partial charge is 0.303 e. The molecule has 0 atom stereocenters. The van der Waals surface area contributed by atoms with Gasteiger partial charge in [0.2, 0.25) is 0 Å². The van der Waals surface area contributed by atoms with Gasteiger partial charge in [-0.1, -0.05) is 39.0 Å². The molecule has 0 radical (unpaired) electrons. The molecule has 124 valence electrons. The second-order valence-corrected chi connectivity index (χ2v) is 7.32. The first-order valence-corrected chi connectivity index (χ1v) is 8.34. The molecule has 3 heteroatoms. The first-order valence-electron chi connectivity index (χ1n) is 8.34. The zero-order chi connectivity index (χ0) is 16.6. The van der Waals surface area contributed by atoms with E-state index < -0.39 is 5.97 Å². The largest absolute Gasteiger partial charge is 0.481 e. The maximum Gasteiger partial charge on any atom is 0.303 e. The van der Waals surface area contributed by atoms with Gasteiger partial charge in [0, 0.05) is 13.0 Å². The van der Waals surface area contributed by atoms with Crippen LogP contribution >= 0.6 is 0 Å². The molecule has 0 bridgehead atoms. The number of aliphatic carboxylic acids is 1. The zero-order valence-corrected chi connectivity index (χ0v) is 14.3. The Morgan fingerprint density at radius 2 is 1.82 bits per heavy atom. The van der Waals surface area contributed by atoms with Crippen LogP contribution in [0.15, 0.2) is 18.2 Å². The Hall–Kier alpha value is -1.35. The second-order valence-electron chi connectivity index (χ2n) is 7.32. The summed E-state index contributed by atoms with van der Waals surface area (Å²) in [5.74, 6) is -0.691. The van der Waals surface area contributed by atoms with Crippen molar-refractivity contribution in [2.75, 3.05) is 0 Å². The van der Waals surface area contributed by atoms with Crippen molar-refractivity contribution in [3.63, 3.8) is 0 Å². The average Bonchev–Trinajstić information content (AvgIpc) is 2.45. The molecule has 1 aliphatic rings. The van der Waals surface area contributed by atoms with E-state index in [-0.39, 0.29) is 5.41 Å². The molecule has 0 spiro atoms. The van der Waals surface area contributed by atoms with E-state index in [4.69, 9.17) is 10.8 Å². The molecule has 0 saturated carbocycles. The summed E-state index contributed by atoms with van der Waals surface area (Å²) in [6.45, 7) is 7.03. The lowest BCUT2D eigenvalue weighted by molar-refractivity contribution is -0.137. The summed E-state index contributed by atoms with van der Waals surface area (Å²) in [6, 6.07) is 6.68. The van der Waals surface area contributed by atoms with E-state index in [1.807, 2.05) is 0 Å². The summed E-state index contributed by atoms with van der Waals surface area (Å²) in [6.07, 6.45) is 7.30. The normalized spacial score (nSPS) is 13.8. The standard InChI is InChI=1S/C11H15N.C8H16O2/c12-8-9-5-6-10-3-1-2-4-11(10)7-9;1-8(2,3)6-4-5-7(9)10/h5-7H,1-4,8,12H2;4-6H2,1-3H3,(H,9,10). The van der Waals surface area contributed by atoms with Gasteiger partial charge in [-0.15, -0.1) is 0 Å². The van der Waals surface area contributed by atoms with Crippen molar-refractivity contribution in [1.82, 2.24) is 0 Å². The lowest BCUT2D eigenvalue weighted by Gasteiger charge is -2.16. The van der Waals surface area contributed by atoms with Crippen LogP contribution in [-0.4, -0.2) is 11.1 Å². The molecule has 1 aromatic carbocycles. The highest BCUT2D eigenvalue weighted by atomic mass is 16.4. The van der Waals surface area contributed by atoms with Gasteiger partial charge in [0.05, 0.1) is 0 Å². The van der Waals surface area contributed by atoms with Gasteiger partial charge < -0.3 is 10.8 Å². The first kappa shape index (κ1) is 18.7. The third-order valence-electron chi connectivity index (χ3n) is 3.97. The predicted molar refractivity (Wildman–Crippen MR) is 91.9 cm³/mol. The summed E-state index contributed by atoms with van der Waals surface area (Å²) < 4.78 is 0. The van der Waals surface area contributed by atoms with Crippen LogP contribution < -0.4 is 5.73 Å². The number of carbonyl (C=O) groups is 1. The summed E-state index contributed by atoms with van der Waals surface area (Å²) in [4.78, 5) is 10.1. The predicted octanol–water partition coefficient (Wildman–Crippen LogP) is 4.31. The summed E-state index contributed by atoms with van der Waals surface area (Å²) in [5.41, 5.74) is 10.2. The van der Waals surface area contributed by atoms with Crippen LogP contribution in [0.1, 0.15) is 69.6 Å². The maximum atomic E-state index is 10.1. The number of fused-ring (bicyclic) bond motifs is 1. The van der Waals surface area contributed by atoms with E-state index in [2.05, 4.69) is 39.0 Å². The summed E-state index contributed by atoms with van der Waals surface area (Å²) in [5, 5.41) is 8.31. The lowest BCUT2D eigenvalue weighted by Crippen LogP contribution is -2.05. The van der Waals surface area contributed by atoms with Crippen molar-refractivity contribution >= 4 is 5.97 Å². The van der Waals surface area contributed by atoms with E-state index in [0.29, 0.717) is 13.0 Å². The lowest BCUT2D eigenvalue weighted by atomic mass is 9.90. The highest BCUT2D eigenvalue weighted by molar-refractivity contribution is 5.66. The van der Waals surface area contributed by atoms with Crippen LogP contribution in [0.5, 0.6) is 0 Å². The molecule has 1 aliphatic carbocycles. The molecular weight excluding hydrogens is 274 g/mol. The molecule has 0 amide bonds. The van der Waals surface area contributed by atoms with Crippen molar-refractivity contribution in [2.45, 2.75) is 72.3 Å². The van der Waals surface area contributed by atoms with Crippen molar-refractivity contribution in [3.8, 4) is 0 Å². The van der Waals surface area contributed by atoms with Crippen LogP contribution in [0.4, 0.5) is 0 Å².